The second-order valence-electron chi connectivity index (χ2n) is 7.82. The van der Waals surface area contributed by atoms with Crippen molar-refractivity contribution in [3.63, 3.8) is 0 Å². The zero-order valence-corrected chi connectivity index (χ0v) is 18.2. The zero-order chi connectivity index (χ0) is 25.3. The number of phenols is 1. The molecule has 0 saturated carbocycles. The Bertz CT molecular complexity index is 900. The number of carboxylic acid groups (broad SMARTS) is 2. The molecule has 1 aliphatic rings. The molecule has 1 aromatic carbocycles. The highest BCUT2D eigenvalue weighted by Gasteiger charge is 2.32. The number of benzene rings is 1. The molecule has 3 amide bonds. The summed E-state index contributed by atoms with van der Waals surface area (Å²) in [5, 5.41) is 47.0. The molecule has 0 aromatic heterocycles. The number of hydrogen-bond donors (Lipinski definition) is 8. The van der Waals surface area contributed by atoms with Crippen LogP contribution in [0.3, 0.4) is 0 Å². The number of hydrogen-bond acceptors (Lipinski definition) is 8. The molecule has 0 spiro atoms. The van der Waals surface area contributed by atoms with E-state index in [1.165, 1.54) is 24.3 Å². The fraction of sp³-hybridized carbons (Fsp3) is 0.476. The minimum Gasteiger partial charge on any atom is -0.508 e. The van der Waals surface area contributed by atoms with Gasteiger partial charge in [0.05, 0.1) is 19.1 Å². The van der Waals surface area contributed by atoms with Gasteiger partial charge in [-0.3, -0.25) is 19.2 Å². The monoisotopic (exact) mass is 480 g/mol. The quantitative estimate of drug-likeness (QED) is 0.160. The number of aliphatic carboxylic acids is 2. The van der Waals surface area contributed by atoms with Crippen molar-refractivity contribution in [3.05, 3.63) is 29.8 Å². The van der Waals surface area contributed by atoms with Crippen molar-refractivity contribution in [2.24, 2.45) is 0 Å². The van der Waals surface area contributed by atoms with Gasteiger partial charge in [0, 0.05) is 6.42 Å². The van der Waals surface area contributed by atoms with E-state index in [0.717, 1.165) is 6.42 Å². The maximum atomic E-state index is 12.8. The molecule has 1 heterocycles. The van der Waals surface area contributed by atoms with E-state index in [1.807, 2.05) is 0 Å². The maximum absolute atomic E-state index is 12.8. The fourth-order valence-corrected chi connectivity index (χ4v) is 3.37. The minimum absolute atomic E-state index is 0.0373. The van der Waals surface area contributed by atoms with Crippen LogP contribution in [-0.4, -0.2) is 87.4 Å². The number of phenolic OH excluding ortho intramolecular Hbond substituents is 1. The third-order valence-electron chi connectivity index (χ3n) is 5.19. The first-order chi connectivity index (χ1) is 16.1. The Hall–Kier alpha value is -3.71. The van der Waals surface area contributed by atoms with Gasteiger partial charge >= 0.3 is 11.9 Å². The molecular weight excluding hydrogens is 452 g/mol. The molecule has 1 aromatic rings. The van der Waals surface area contributed by atoms with Gasteiger partial charge in [0.2, 0.25) is 17.7 Å². The van der Waals surface area contributed by atoms with Gasteiger partial charge in [-0.1, -0.05) is 12.1 Å². The van der Waals surface area contributed by atoms with Crippen molar-refractivity contribution in [3.8, 4) is 5.75 Å². The van der Waals surface area contributed by atoms with E-state index in [4.69, 9.17) is 5.11 Å². The van der Waals surface area contributed by atoms with Crippen molar-refractivity contribution in [2.75, 3.05) is 13.2 Å². The number of carbonyl (C=O) groups excluding carboxylic acids is 3. The molecule has 0 unspecified atom stereocenters. The highest BCUT2D eigenvalue weighted by atomic mass is 16.4. The largest absolute Gasteiger partial charge is 0.508 e. The van der Waals surface area contributed by atoms with Crippen LogP contribution in [0.4, 0.5) is 0 Å². The third-order valence-corrected chi connectivity index (χ3v) is 5.19. The summed E-state index contributed by atoms with van der Waals surface area (Å²) in [6, 6.07) is 0.651. The van der Waals surface area contributed by atoms with Crippen LogP contribution < -0.4 is 21.3 Å². The first kappa shape index (κ1) is 26.5. The van der Waals surface area contributed by atoms with Gasteiger partial charge in [0.1, 0.15) is 23.9 Å². The van der Waals surface area contributed by atoms with Crippen LogP contribution in [0.1, 0.15) is 24.8 Å². The summed E-state index contributed by atoms with van der Waals surface area (Å²) in [5.41, 5.74) is 0.489. The molecule has 13 heteroatoms. The van der Waals surface area contributed by atoms with E-state index in [-0.39, 0.29) is 12.2 Å². The number of nitrogens with one attached hydrogen (secondary N) is 4. The molecule has 0 bridgehead atoms. The second-order valence-corrected chi connectivity index (χ2v) is 7.82. The van der Waals surface area contributed by atoms with E-state index in [9.17, 15) is 39.3 Å². The Labute approximate surface area is 194 Å². The molecule has 8 N–H and O–H groups in total. The predicted molar refractivity (Wildman–Crippen MR) is 116 cm³/mol. The number of amides is 3. The number of carbonyl (C=O) groups is 5. The lowest BCUT2D eigenvalue weighted by molar-refractivity contribution is -0.147. The standard InChI is InChI=1S/C21H28N4O9/c26-10-16(25-18(30)13-2-1-7-22-13)20(32)23-14(8-11-3-5-12(27)6-4-11)19(31)24-15(21(33)34)9-17(28)29/h3-6,13-16,22,26-27H,1-2,7-10H2,(H,23,32)(H,24,31)(H,25,30)(H,28,29)(H,33,34)/t13-,14-,15-,16-/m0/s1. The van der Waals surface area contributed by atoms with Gasteiger partial charge in [0.15, 0.2) is 0 Å². The number of carboxylic acids is 2. The van der Waals surface area contributed by atoms with Gasteiger partial charge < -0.3 is 41.7 Å². The van der Waals surface area contributed by atoms with E-state index in [2.05, 4.69) is 21.3 Å². The van der Waals surface area contributed by atoms with E-state index in [0.29, 0.717) is 18.5 Å². The smallest absolute Gasteiger partial charge is 0.326 e. The average Bonchev–Trinajstić information content (AvgIpc) is 3.32. The highest BCUT2D eigenvalue weighted by molar-refractivity contribution is 5.94. The van der Waals surface area contributed by atoms with Crippen LogP contribution in [0.2, 0.25) is 0 Å². The predicted octanol–water partition coefficient (Wildman–Crippen LogP) is -2.31. The minimum atomic E-state index is -1.74. The summed E-state index contributed by atoms with van der Waals surface area (Å²) in [6.07, 6.45) is 0.319. The number of aliphatic hydroxyl groups is 1. The van der Waals surface area contributed by atoms with Crippen LogP contribution in [-0.2, 0) is 30.4 Å². The molecule has 34 heavy (non-hydrogen) atoms. The summed E-state index contributed by atoms with van der Waals surface area (Å²) >= 11 is 0. The number of aliphatic hydroxyl groups excluding tert-OH is 1. The van der Waals surface area contributed by atoms with Crippen molar-refractivity contribution >= 4 is 29.7 Å². The molecule has 13 nitrogen and oxygen atoms in total. The number of aromatic hydroxyl groups is 1. The van der Waals surface area contributed by atoms with Crippen LogP contribution in [0.15, 0.2) is 24.3 Å². The fourth-order valence-electron chi connectivity index (χ4n) is 3.37. The van der Waals surface area contributed by atoms with Gasteiger partial charge in [0.25, 0.3) is 0 Å². The Morgan fingerprint density at radius 2 is 1.56 bits per heavy atom. The summed E-state index contributed by atoms with van der Waals surface area (Å²) in [5.74, 6) is -5.41. The van der Waals surface area contributed by atoms with Crippen LogP contribution in [0, 0.1) is 0 Å². The summed E-state index contributed by atoms with van der Waals surface area (Å²) < 4.78 is 0. The highest BCUT2D eigenvalue weighted by Crippen LogP contribution is 2.12. The Kier molecular flexibility index (Phi) is 9.76. The molecule has 1 aliphatic heterocycles. The Morgan fingerprint density at radius 1 is 0.941 bits per heavy atom. The van der Waals surface area contributed by atoms with Crippen molar-refractivity contribution in [1.29, 1.82) is 0 Å². The molecule has 0 aliphatic carbocycles. The molecule has 2 rings (SSSR count). The van der Waals surface area contributed by atoms with Gasteiger partial charge in [-0.25, -0.2) is 4.79 Å². The third kappa shape index (κ3) is 8.01. The van der Waals surface area contributed by atoms with Crippen molar-refractivity contribution < 1.29 is 44.4 Å². The molecule has 1 saturated heterocycles. The molecular formula is C21H28N4O9. The lowest BCUT2D eigenvalue weighted by Crippen LogP contribution is -2.58. The van der Waals surface area contributed by atoms with Gasteiger partial charge in [-0.15, -0.1) is 0 Å². The topological polar surface area (TPSA) is 214 Å². The van der Waals surface area contributed by atoms with Gasteiger partial charge in [-0.2, -0.15) is 0 Å². The van der Waals surface area contributed by atoms with Crippen LogP contribution in [0.5, 0.6) is 5.75 Å². The second kappa shape index (κ2) is 12.5. The molecule has 186 valence electrons. The zero-order valence-electron chi connectivity index (χ0n) is 18.2. The first-order valence-corrected chi connectivity index (χ1v) is 10.6. The van der Waals surface area contributed by atoms with E-state index in [1.54, 1.807) is 0 Å². The lowest BCUT2D eigenvalue weighted by atomic mass is 10.0. The number of rotatable bonds is 12. The molecule has 4 atom stereocenters. The van der Waals surface area contributed by atoms with Gasteiger partial charge in [-0.05, 0) is 37.1 Å². The van der Waals surface area contributed by atoms with Crippen LogP contribution in [0.25, 0.3) is 0 Å². The van der Waals surface area contributed by atoms with E-state index < -0.39 is 66.9 Å². The Morgan fingerprint density at radius 3 is 2.09 bits per heavy atom. The summed E-state index contributed by atoms with van der Waals surface area (Å²) in [7, 11) is 0. The average molecular weight is 480 g/mol. The molecule has 1 fully saturated rings. The Balaban J connectivity index is 2.16. The van der Waals surface area contributed by atoms with Crippen molar-refractivity contribution in [2.45, 2.75) is 49.9 Å². The summed E-state index contributed by atoms with van der Waals surface area (Å²) in [6.45, 7) is -0.112. The normalized spacial score (nSPS) is 17.7. The summed E-state index contributed by atoms with van der Waals surface area (Å²) in [4.78, 5) is 60.1. The van der Waals surface area contributed by atoms with Crippen molar-refractivity contribution in [1.82, 2.24) is 21.3 Å². The van der Waals surface area contributed by atoms with Crippen LogP contribution >= 0.6 is 0 Å². The maximum Gasteiger partial charge on any atom is 0.326 e. The van der Waals surface area contributed by atoms with E-state index >= 15 is 0 Å². The lowest BCUT2D eigenvalue weighted by Gasteiger charge is -2.24. The SMILES string of the molecule is O=C(O)C[C@H](NC(=O)[C@H](Cc1ccc(O)cc1)NC(=O)[C@H](CO)NC(=O)[C@@H]1CCCN1)C(=O)O. The molecule has 0 radical (unpaired) electrons. The first-order valence-electron chi connectivity index (χ1n) is 10.6.